The first-order valence-electron chi connectivity index (χ1n) is 15.3. The van der Waals surface area contributed by atoms with Gasteiger partial charge in [0.25, 0.3) is 0 Å². The zero-order valence-corrected chi connectivity index (χ0v) is 26.9. The fourth-order valence-corrected chi connectivity index (χ4v) is 5.12. The number of ether oxygens (including phenoxy) is 2. The summed E-state index contributed by atoms with van der Waals surface area (Å²) >= 11 is 0. The Kier molecular flexibility index (Phi) is 11.2. The van der Waals surface area contributed by atoms with E-state index in [1.54, 1.807) is 48.5 Å². The monoisotopic (exact) mass is 643 g/mol. The summed E-state index contributed by atoms with van der Waals surface area (Å²) in [6.45, 7) is 7.61. The van der Waals surface area contributed by atoms with Crippen molar-refractivity contribution in [1.82, 2.24) is 20.9 Å². The first-order chi connectivity index (χ1) is 22.3. The van der Waals surface area contributed by atoms with Crippen molar-refractivity contribution in [2.45, 2.75) is 70.4 Å². The predicted molar refractivity (Wildman–Crippen MR) is 175 cm³/mol. The average Bonchev–Trinajstić information content (AvgIpc) is 3.47. The SMILES string of the molecule is C[C@H](NC(=O)[C@H]1C[C@H](Oc2ccccc2)CN1C(=O)O)C(=O)NC(C(=N)NC(=O)OCc1ccccc1)c1ccc(C(C)(C)C)cc1. The molecule has 1 heterocycles. The molecule has 0 bridgehead atoms. The summed E-state index contributed by atoms with van der Waals surface area (Å²) in [7, 11) is 0. The minimum absolute atomic E-state index is 0.00784. The number of carboxylic acid groups (broad SMARTS) is 1. The van der Waals surface area contributed by atoms with E-state index in [0.29, 0.717) is 11.3 Å². The van der Waals surface area contributed by atoms with Gasteiger partial charge >= 0.3 is 12.2 Å². The van der Waals surface area contributed by atoms with E-state index in [-0.39, 0.29) is 30.8 Å². The number of amides is 4. The van der Waals surface area contributed by atoms with E-state index >= 15 is 0 Å². The third-order valence-electron chi connectivity index (χ3n) is 7.74. The largest absolute Gasteiger partial charge is 0.488 e. The second-order valence-electron chi connectivity index (χ2n) is 12.4. The Balaban J connectivity index is 1.43. The summed E-state index contributed by atoms with van der Waals surface area (Å²) in [4.78, 5) is 52.2. The quantitative estimate of drug-likeness (QED) is 0.157. The second kappa shape index (κ2) is 15.3. The van der Waals surface area contributed by atoms with E-state index < -0.39 is 48.2 Å². The van der Waals surface area contributed by atoms with Crippen LogP contribution in [0.5, 0.6) is 5.75 Å². The third kappa shape index (κ3) is 9.55. The molecule has 1 unspecified atom stereocenters. The van der Waals surface area contributed by atoms with Crippen LogP contribution in [0.3, 0.4) is 0 Å². The maximum Gasteiger partial charge on any atom is 0.412 e. The molecule has 1 saturated heterocycles. The highest BCUT2D eigenvalue weighted by Gasteiger charge is 2.41. The van der Waals surface area contributed by atoms with E-state index in [9.17, 15) is 24.3 Å². The number of carbonyl (C=O) groups excluding carboxylic acids is 3. The summed E-state index contributed by atoms with van der Waals surface area (Å²) in [5.74, 6) is -1.09. The molecular formula is C35H41N5O7. The third-order valence-corrected chi connectivity index (χ3v) is 7.74. The molecule has 3 aromatic rings. The van der Waals surface area contributed by atoms with Crippen molar-refractivity contribution >= 4 is 29.8 Å². The Labute approximate surface area is 274 Å². The van der Waals surface area contributed by atoms with Crippen LogP contribution in [0.2, 0.25) is 0 Å². The molecular weight excluding hydrogens is 602 g/mol. The number of alkyl carbamates (subject to hydrolysis) is 1. The Bertz CT molecular complexity index is 1560. The first-order valence-corrected chi connectivity index (χ1v) is 15.3. The molecule has 5 N–H and O–H groups in total. The highest BCUT2D eigenvalue weighted by Crippen LogP contribution is 2.25. The molecule has 0 aromatic heterocycles. The molecule has 0 radical (unpaired) electrons. The lowest BCUT2D eigenvalue weighted by Crippen LogP contribution is -2.53. The van der Waals surface area contributed by atoms with Crippen molar-refractivity contribution in [3.05, 3.63) is 102 Å². The van der Waals surface area contributed by atoms with E-state index in [1.807, 2.05) is 36.4 Å². The number of likely N-dealkylation sites (tertiary alicyclic amines) is 1. The van der Waals surface area contributed by atoms with Gasteiger partial charge < -0.3 is 25.2 Å². The molecule has 0 spiro atoms. The first kappa shape index (κ1) is 34.5. The number of para-hydroxylation sites is 1. The maximum atomic E-state index is 13.4. The van der Waals surface area contributed by atoms with E-state index in [0.717, 1.165) is 16.0 Å². The topological polar surface area (TPSA) is 170 Å². The highest BCUT2D eigenvalue weighted by atomic mass is 16.5. The molecule has 0 aliphatic carbocycles. The van der Waals surface area contributed by atoms with Crippen molar-refractivity contribution < 1.29 is 33.8 Å². The molecule has 0 saturated carbocycles. The molecule has 12 nitrogen and oxygen atoms in total. The van der Waals surface area contributed by atoms with Crippen LogP contribution in [-0.2, 0) is 26.3 Å². The van der Waals surface area contributed by atoms with Gasteiger partial charge in [-0.15, -0.1) is 0 Å². The van der Waals surface area contributed by atoms with Gasteiger partial charge in [-0.3, -0.25) is 25.2 Å². The van der Waals surface area contributed by atoms with E-state index in [2.05, 4.69) is 36.7 Å². The van der Waals surface area contributed by atoms with Crippen molar-refractivity contribution in [2.24, 2.45) is 0 Å². The van der Waals surface area contributed by atoms with Crippen molar-refractivity contribution in [2.75, 3.05) is 6.54 Å². The van der Waals surface area contributed by atoms with Crippen LogP contribution in [0.25, 0.3) is 0 Å². The number of nitrogens with one attached hydrogen (secondary N) is 4. The Morgan fingerprint density at radius 2 is 1.55 bits per heavy atom. The maximum absolute atomic E-state index is 13.4. The number of hydrogen-bond donors (Lipinski definition) is 5. The summed E-state index contributed by atoms with van der Waals surface area (Å²) < 4.78 is 11.1. The molecule has 4 atom stereocenters. The van der Waals surface area contributed by atoms with Gasteiger partial charge in [0.1, 0.15) is 42.4 Å². The standard InChI is InChI=1S/C35H41N5O7/c1-22(37-32(42)28-19-27(20-40(28)34(44)45)47-26-13-9-6-10-14-26)31(41)38-29(24-15-17-25(18-16-24)35(2,3)4)30(36)39-33(43)46-21-23-11-7-5-8-12-23/h5-18,22,27-29H,19-21H2,1-4H3,(H,37,42)(H,38,41)(H,44,45)(H2,36,39,43)/t22-,27-,28+,29?/m0/s1. The number of benzene rings is 3. The molecule has 248 valence electrons. The zero-order valence-electron chi connectivity index (χ0n) is 26.9. The van der Waals surface area contributed by atoms with Crippen LogP contribution >= 0.6 is 0 Å². The molecule has 1 aliphatic heterocycles. The highest BCUT2D eigenvalue weighted by molar-refractivity contribution is 6.00. The lowest BCUT2D eigenvalue weighted by Gasteiger charge is -2.26. The lowest BCUT2D eigenvalue weighted by atomic mass is 9.86. The number of carbonyl (C=O) groups is 4. The Morgan fingerprint density at radius 3 is 2.15 bits per heavy atom. The smallest absolute Gasteiger partial charge is 0.412 e. The van der Waals surface area contributed by atoms with Gasteiger partial charge in [0.2, 0.25) is 11.8 Å². The molecule has 47 heavy (non-hydrogen) atoms. The van der Waals surface area contributed by atoms with Crippen molar-refractivity contribution in [1.29, 1.82) is 5.41 Å². The molecule has 1 fully saturated rings. The van der Waals surface area contributed by atoms with E-state index in [4.69, 9.17) is 14.9 Å². The van der Waals surface area contributed by atoms with E-state index in [1.165, 1.54) is 6.92 Å². The van der Waals surface area contributed by atoms with Crippen LogP contribution in [0.1, 0.15) is 56.8 Å². The number of hydrogen-bond acceptors (Lipinski definition) is 7. The summed E-state index contributed by atoms with van der Waals surface area (Å²) in [6.07, 6.45) is -2.60. The minimum Gasteiger partial charge on any atom is -0.488 e. The molecule has 12 heteroatoms. The minimum atomic E-state index is -1.28. The molecule has 1 aliphatic rings. The normalized spacial score (nSPS) is 17.1. The van der Waals surface area contributed by atoms with Gasteiger partial charge in [0, 0.05) is 6.42 Å². The predicted octanol–water partition coefficient (Wildman–Crippen LogP) is 4.75. The fraction of sp³-hybridized carbons (Fsp3) is 0.343. The van der Waals surface area contributed by atoms with Gasteiger partial charge in [-0.05, 0) is 41.2 Å². The molecule has 4 amide bonds. The van der Waals surface area contributed by atoms with Crippen LogP contribution < -0.4 is 20.7 Å². The fourth-order valence-electron chi connectivity index (χ4n) is 5.12. The molecule has 4 rings (SSSR count). The van der Waals surface area contributed by atoms with Gasteiger partial charge in [-0.2, -0.15) is 0 Å². The van der Waals surface area contributed by atoms with Gasteiger partial charge in [-0.1, -0.05) is 93.6 Å². The number of nitrogens with zero attached hydrogens (tertiary/aromatic N) is 1. The molecule has 3 aromatic carbocycles. The Hall–Kier alpha value is -5.39. The van der Waals surface area contributed by atoms with Gasteiger partial charge in [0.05, 0.1) is 6.54 Å². The second-order valence-corrected chi connectivity index (χ2v) is 12.4. The van der Waals surface area contributed by atoms with Crippen LogP contribution in [0, 0.1) is 5.41 Å². The summed E-state index contributed by atoms with van der Waals surface area (Å²) in [5, 5.41) is 26.2. The lowest BCUT2D eigenvalue weighted by molar-refractivity contribution is -0.130. The van der Waals surface area contributed by atoms with Crippen LogP contribution in [-0.4, -0.2) is 64.6 Å². The van der Waals surface area contributed by atoms with Crippen molar-refractivity contribution in [3.8, 4) is 5.75 Å². The van der Waals surface area contributed by atoms with Gasteiger partial charge in [-0.25, -0.2) is 9.59 Å². The summed E-state index contributed by atoms with van der Waals surface area (Å²) in [5.41, 5.74) is 2.18. The van der Waals surface area contributed by atoms with Gasteiger partial charge in [0.15, 0.2) is 0 Å². The van der Waals surface area contributed by atoms with Crippen molar-refractivity contribution in [3.63, 3.8) is 0 Å². The zero-order chi connectivity index (χ0) is 34.1. The van der Waals surface area contributed by atoms with Crippen LogP contribution in [0.4, 0.5) is 9.59 Å². The number of rotatable bonds is 10. The average molecular weight is 644 g/mol. The number of amidine groups is 1. The van der Waals surface area contributed by atoms with Crippen LogP contribution in [0.15, 0.2) is 84.9 Å². The Morgan fingerprint density at radius 1 is 0.936 bits per heavy atom. The summed E-state index contributed by atoms with van der Waals surface area (Å²) in [6, 6.07) is 22.0.